The lowest BCUT2D eigenvalue weighted by atomic mass is 9.72. The molecule has 24 heavy (non-hydrogen) atoms. The molecule has 0 bridgehead atoms. The quantitative estimate of drug-likeness (QED) is 0.915. The van der Waals surface area contributed by atoms with E-state index in [1.807, 2.05) is 37.3 Å². The summed E-state index contributed by atoms with van der Waals surface area (Å²) in [4.78, 5) is 27.3. The number of amides is 2. The molecule has 3 rings (SSSR count). The smallest absolute Gasteiger partial charge is 0.267 e. The van der Waals surface area contributed by atoms with E-state index in [1.54, 1.807) is 4.90 Å². The number of nitrogens with two attached hydrogens (primary N) is 1. The van der Waals surface area contributed by atoms with Gasteiger partial charge in [0.25, 0.3) is 5.91 Å². The van der Waals surface area contributed by atoms with Crippen LogP contribution in [0.25, 0.3) is 0 Å². The topological polar surface area (TPSA) is 89.2 Å². The van der Waals surface area contributed by atoms with Gasteiger partial charge in [0.05, 0.1) is 11.1 Å². The standard InChI is InChI=1S/C17H20N4O2S/c1-2-13-14(24-20-19-13)15(22)21-10-8-17(9-11-21,16(18)23)12-6-4-3-5-7-12/h3-7H,2,8-11H2,1H3,(H2,18,23). The van der Waals surface area contributed by atoms with Gasteiger partial charge in [0.1, 0.15) is 4.88 Å². The second-order valence-electron chi connectivity index (χ2n) is 6.01. The molecule has 2 N–H and O–H groups in total. The summed E-state index contributed by atoms with van der Waals surface area (Å²) in [6.07, 6.45) is 1.75. The van der Waals surface area contributed by atoms with Crippen molar-refractivity contribution in [1.82, 2.24) is 14.5 Å². The Morgan fingerprint density at radius 1 is 1.25 bits per heavy atom. The Kier molecular flexibility index (Phi) is 4.62. The number of aryl methyl sites for hydroxylation is 1. The Morgan fingerprint density at radius 3 is 2.50 bits per heavy atom. The number of carbonyl (C=O) groups is 2. The van der Waals surface area contributed by atoms with Gasteiger partial charge in [-0.05, 0) is 36.4 Å². The Bertz CT molecular complexity index is 736. The summed E-state index contributed by atoms with van der Waals surface area (Å²) in [5, 5.41) is 4.00. The number of hydrogen-bond acceptors (Lipinski definition) is 5. The third-order valence-electron chi connectivity index (χ3n) is 4.79. The summed E-state index contributed by atoms with van der Waals surface area (Å²) >= 11 is 1.13. The maximum Gasteiger partial charge on any atom is 0.267 e. The largest absolute Gasteiger partial charge is 0.369 e. The number of piperidine rings is 1. The van der Waals surface area contributed by atoms with E-state index in [4.69, 9.17) is 5.73 Å². The molecule has 126 valence electrons. The van der Waals surface area contributed by atoms with Crippen LogP contribution in [-0.4, -0.2) is 39.4 Å². The number of likely N-dealkylation sites (tertiary alicyclic amines) is 1. The lowest BCUT2D eigenvalue weighted by Crippen LogP contribution is -2.51. The van der Waals surface area contributed by atoms with E-state index in [1.165, 1.54) is 0 Å². The molecule has 6 nitrogen and oxygen atoms in total. The van der Waals surface area contributed by atoms with Gasteiger partial charge in [-0.15, -0.1) is 5.10 Å². The molecule has 2 aromatic rings. The number of rotatable bonds is 4. The highest BCUT2D eigenvalue weighted by Gasteiger charge is 2.42. The number of aromatic nitrogens is 2. The molecule has 2 amide bonds. The van der Waals surface area contributed by atoms with Crippen molar-refractivity contribution in [3.05, 3.63) is 46.5 Å². The zero-order chi connectivity index (χ0) is 17.2. The number of hydrogen-bond donors (Lipinski definition) is 1. The molecular formula is C17H20N4O2S. The van der Waals surface area contributed by atoms with Crippen LogP contribution in [0, 0.1) is 0 Å². The lowest BCUT2D eigenvalue weighted by Gasteiger charge is -2.40. The van der Waals surface area contributed by atoms with Crippen LogP contribution in [0.3, 0.4) is 0 Å². The third-order valence-corrected chi connectivity index (χ3v) is 5.54. The van der Waals surface area contributed by atoms with Crippen molar-refractivity contribution in [2.45, 2.75) is 31.6 Å². The fourth-order valence-electron chi connectivity index (χ4n) is 3.27. The highest BCUT2D eigenvalue weighted by molar-refractivity contribution is 7.08. The van der Waals surface area contributed by atoms with E-state index in [9.17, 15) is 9.59 Å². The first kappa shape index (κ1) is 16.6. The maximum atomic E-state index is 12.7. The molecule has 7 heteroatoms. The summed E-state index contributed by atoms with van der Waals surface area (Å²) in [6.45, 7) is 2.95. The van der Waals surface area contributed by atoms with Gasteiger partial charge in [0.2, 0.25) is 5.91 Å². The zero-order valence-electron chi connectivity index (χ0n) is 13.6. The second-order valence-corrected chi connectivity index (χ2v) is 6.76. The van der Waals surface area contributed by atoms with Crippen LogP contribution in [0.15, 0.2) is 30.3 Å². The third kappa shape index (κ3) is 2.80. The van der Waals surface area contributed by atoms with Crippen LogP contribution < -0.4 is 5.73 Å². The van der Waals surface area contributed by atoms with Gasteiger partial charge in [-0.3, -0.25) is 9.59 Å². The first-order chi connectivity index (χ1) is 11.6. The number of nitrogens with zero attached hydrogens (tertiary/aromatic N) is 3. The van der Waals surface area contributed by atoms with Gasteiger partial charge in [-0.25, -0.2) is 0 Å². The molecular weight excluding hydrogens is 324 g/mol. The SMILES string of the molecule is CCc1nnsc1C(=O)N1CCC(C(N)=O)(c2ccccc2)CC1. The molecule has 1 saturated heterocycles. The minimum atomic E-state index is -0.697. The summed E-state index contributed by atoms with van der Waals surface area (Å²) in [7, 11) is 0. The predicted molar refractivity (Wildman–Crippen MR) is 91.7 cm³/mol. The van der Waals surface area contributed by atoms with Gasteiger partial charge >= 0.3 is 0 Å². The molecule has 1 aromatic carbocycles. The monoisotopic (exact) mass is 344 g/mol. The number of carbonyl (C=O) groups excluding carboxylic acids is 2. The zero-order valence-corrected chi connectivity index (χ0v) is 14.4. The molecule has 1 aliphatic heterocycles. The lowest BCUT2D eigenvalue weighted by molar-refractivity contribution is -0.125. The van der Waals surface area contributed by atoms with Crippen LogP contribution >= 0.6 is 11.5 Å². The van der Waals surface area contributed by atoms with E-state index in [0.717, 1.165) is 22.8 Å². The summed E-state index contributed by atoms with van der Waals surface area (Å²) in [5.41, 5.74) is 6.70. The van der Waals surface area contributed by atoms with Gasteiger partial charge in [0, 0.05) is 13.1 Å². The Labute approximate surface area is 144 Å². The number of primary amides is 1. The first-order valence-electron chi connectivity index (χ1n) is 8.04. The van der Waals surface area contributed by atoms with Crippen molar-refractivity contribution in [2.75, 3.05) is 13.1 Å². The molecule has 1 fully saturated rings. The van der Waals surface area contributed by atoms with Gasteiger partial charge in [-0.1, -0.05) is 41.7 Å². The highest BCUT2D eigenvalue weighted by atomic mass is 32.1. The van der Waals surface area contributed by atoms with Crippen molar-refractivity contribution in [2.24, 2.45) is 5.73 Å². The summed E-state index contributed by atoms with van der Waals surface area (Å²) in [5.74, 6) is -0.373. The Morgan fingerprint density at radius 2 is 1.92 bits per heavy atom. The molecule has 0 atom stereocenters. The van der Waals surface area contributed by atoms with E-state index in [0.29, 0.717) is 37.2 Å². The highest BCUT2D eigenvalue weighted by Crippen LogP contribution is 2.36. The molecule has 0 saturated carbocycles. The van der Waals surface area contributed by atoms with E-state index in [2.05, 4.69) is 9.59 Å². The average Bonchev–Trinajstić information content (AvgIpc) is 3.10. The van der Waals surface area contributed by atoms with E-state index >= 15 is 0 Å². The predicted octanol–water partition coefficient (Wildman–Crippen LogP) is 1.76. The first-order valence-corrected chi connectivity index (χ1v) is 8.82. The van der Waals surface area contributed by atoms with Crippen molar-refractivity contribution >= 4 is 23.3 Å². The van der Waals surface area contributed by atoms with Crippen LogP contribution in [-0.2, 0) is 16.6 Å². The average molecular weight is 344 g/mol. The molecule has 1 aromatic heterocycles. The van der Waals surface area contributed by atoms with Crippen molar-refractivity contribution in [3.63, 3.8) is 0 Å². The maximum absolute atomic E-state index is 12.7. The van der Waals surface area contributed by atoms with Crippen LogP contribution in [0.5, 0.6) is 0 Å². The van der Waals surface area contributed by atoms with Crippen LogP contribution in [0.2, 0.25) is 0 Å². The van der Waals surface area contributed by atoms with E-state index in [-0.39, 0.29) is 11.8 Å². The second kappa shape index (κ2) is 6.68. The van der Waals surface area contributed by atoms with Crippen molar-refractivity contribution < 1.29 is 9.59 Å². The van der Waals surface area contributed by atoms with Crippen molar-refractivity contribution in [3.8, 4) is 0 Å². The molecule has 2 heterocycles. The fraction of sp³-hybridized carbons (Fsp3) is 0.412. The van der Waals surface area contributed by atoms with Crippen LogP contribution in [0.4, 0.5) is 0 Å². The van der Waals surface area contributed by atoms with Gasteiger partial charge in [0.15, 0.2) is 0 Å². The summed E-state index contributed by atoms with van der Waals surface area (Å²) in [6, 6.07) is 9.61. The molecule has 0 aliphatic carbocycles. The minimum absolute atomic E-state index is 0.0482. The van der Waals surface area contributed by atoms with E-state index < -0.39 is 5.41 Å². The fourth-order valence-corrected chi connectivity index (χ4v) is 3.99. The Balaban J connectivity index is 1.79. The normalized spacial score (nSPS) is 16.8. The molecule has 0 unspecified atom stereocenters. The van der Waals surface area contributed by atoms with Crippen molar-refractivity contribution in [1.29, 1.82) is 0 Å². The Hall–Kier alpha value is -2.28. The summed E-state index contributed by atoms with van der Waals surface area (Å²) < 4.78 is 3.88. The molecule has 1 aliphatic rings. The van der Waals surface area contributed by atoms with Crippen LogP contribution in [0.1, 0.15) is 40.7 Å². The molecule has 0 spiro atoms. The van der Waals surface area contributed by atoms with Gasteiger partial charge in [-0.2, -0.15) is 0 Å². The van der Waals surface area contributed by atoms with Gasteiger partial charge < -0.3 is 10.6 Å². The number of benzene rings is 1. The molecule has 0 radical (unpaired) electrons. The minimum Gasteiger partial charge on any atom is -0.369 e.